The second-order valence-electron chi connectivity index (χ2n) is 33.0. The van der Waals surface area contributed by atoms with Gasteiger partial charge in [-0.05, 0) is 262 Å². The van der Waals surface area contributed by atoms with E-state index >= 15 is 0 Å². The molecule has 17 N–H and O–H groups in total. The summed E-state index contributed by atoms with van der Waals surface area (Å²) in [6.07, 6.45) is 8.76. The number of halogens is 2. The summed E-state index contributed by atoms with van der Waals surface area (Å²) in [4.78, 5) is 88.2. The van der Waals surface area contributed by atoms with E-state index < -0.39 is 23.9 Å². The molecule has 0 saturated carbocycles. The summed E-state index contributed by atoms with van der Waals surface area (Å²) < 4.78 is 35.2. The molecule has 732 valence electrons. The molecule has 0 fully saturated rings. The molecule has 24 aromatic rings. The standard InChI is InChI=1S/C18H16N4O2S.C17H13BrN4O2S.C17H13BrN4OS.C17H14N4O3S.C17H14N4O2S.C17H14N4OS/c1-10-6-7-12(24-10)16-21-15(19)11-9-14(25-17(11)22-16)18(2,23)13-5-3-4-8-20-13;1-8-4-5-11(24-8)16-21-15(19)9-7-12(25-17(9)22-16)14(23)13-10(18)3-2-6-20-13;1-9-4-5-14(23-9)16-21-15(19)11-7-10(24-17(11)22-16)8-13-12(18)3-2-6-20-13;1-8-4-5-11(24-8)16-20-15(18)9-7-12(25-17(9)21-16)14(23)13-10(22)3-2-6-19-13;1-9-5-6-12(23-9)16-20-15(18)10-8-13(24-17(10)21-16)14(22)11-4-2-3-7-19-11;1-10-5-6-14(22-10)16-20-15(18)13-9-12(23-17(13)21-16)8-11-4-2-3-7-19-11/h3-9,23H,1-2H3,(H2,19,21,22);2-7,14,23H,1H3,(H2,19,21,22);2-7H,8H2,1H3,(H2,19,21,22);2-7,14,22-23H,1H3,(H2,18,20,21);2-8,14,22H,1H3,(H2,18,20,21);2-7,9H,8H2,1H3,(H2,18,20,21). The average Bonchev–Trinajstić information content (AvgIpc) is 1.81. The molecule has 4 atom stereocenters. The van der Waals surface area contributed by atoms with Gasteiger partial charge in [0.25, 0.3) is 0 Å². The summed E-state index contributed by atoms with van der Waals surface area (Å²) >= 11 is 15.5. The van der Waals surface area contributed by atoms with Gasteiger partial charge in [0.05, 0.1) is 55.1 Å². The molecule has 24 rings (SSSR count). The minimum atomic E-state index is -1.24. The number of aliphatic hydroxyl groups excluding tert-OH is 3. The lowest BCUT2D eigenvalue weighted by molar-refractivity contribution is 0.101. The normalized spacial score (nSPS) is 12.4. The van der Waals surface area contributed by atoms with Crippen molar-refractivity contribution in [1.29, 1.82) is 0 Å². The minimum absolute atomic E-state index is 0.0711. The summed E-state index contributed by atoms with van der Waals surface area (Å²) in [6.45, 7) is 12.9. The highest BCUT2D eigenvalue weighted by Crippen LogP contribution is 2.44. The third-order valence-corrected chi connectivity index (χ3v) is 30.2. The van der Waals surface area contributed by atoms with Crippen LogP contribution in [0.5, 0.6) is 5.75 Å². The van der Waals surface area contributed by atoms with Crippen molar-refractivity contribution in [1.82, 2.24) is 89.7 Å². The number of anilines is 6. The SMILES string of the molecule is Cc1ccc(-c2nc(N)c3cc(C(C)(O)c4ccccn4)sc3n2)o1.Cc1ccc(-c2nc(N)c3cc(C(O)c4ccccn4)sc3n2)o1.Cc1ccc(-c2nc(N)c3cc(C(O)c4ncccc4Br)sc3n2)o1.Cc1ccc(-c2nc(N)c3cc(C(O)c4ncccc4O)sc3n2)o1.Cc1ccc(-c2nc(N)c3cc(Cc4ccccn4)sc3n2)o1.Cc1ccc(-c2nc(N)c3cc(Cc4ncccc4Br)sc3n2)o1. The number of aliphatic hydroxyl groups is 4. The Hall–Kier alpha value is -15.8. The first-order valence-corrected chi connectivity index (χ1v) is 51.0. The third kappa shape index (κ3) is 22.0. The molecule has 0 aromatic carbocycles. The second kappa shape index (κ2) is 42.6. The number of pyridine rings is 6. The van der Waals surface area contributed by atoms with Crippen LogP contribution < -0.4 is 34.4 Å². The molecule has 0 spiro atoms. The Morgan fingerprint density at radius 3 is 1.01 bits per heavy atom. The Kier molecular flexibility index (Phi) is 28.9. The van der Waals surface area contributed by atoms with Crippen molar-refractivity contribution in [2.75, 3.05) is 34.4 Å². The number of rotatable bonds is 18. The van der Waals surface area contributed by atoms with Crippen LogP contribution in [0.1, 0.15) is 123 Å². The smallest absolute Gasteiger partial charge is 0.199 e. The Morgan fingerprint density at radius 2 is 0.644 bits per heavy atom. The zero-order chi connectivity index (χ0) is 102. The highest BCUT2D eigenvalue weighted by Gasteiger charge is 2.32. The molecule has 35 nitrogen and oxygen atoms in total. The van der Waals surface area contributed by atoms with E-state index in [1.165, 1.54) is 57.6 Å². The number of fused-ring (bicyclic) bond motifs is 6. The fourth-order valence-electron chi connectivity index (χ4n) is 15.0. The summed E-state index contributed by atoms with van der Waals surface area (Å²) in [5.74, 6) is 13.2. The van der Waals surface area contributed by atoms with Gasteiger partial charge in [-0.15, -0.1) is 68.0 Å². The van der Waals surface area contributed by atoms with Gasteiger partial charge < -0.3 is 86.4 Å². The quantitative estimate of drug-likeness (QED) is 0.0380. The van der Waals surface area contributed by atoms with Gasteiger partial charge in [-0.1, -0.05) is 18.2 Å². The predicted octanol–water partition coefficient (Wildman–Crippen LogP) is 22.3. The number of aromatic nitrogens is 18. The maximum atomic E-state index is 11.0. The number of hydrogen-bond acceptors (Lipinski definition) is 41. The van der Waals surface area contributed by atoms with Crippen molar-refractivity contribution < 1.29 is 52.0 Å². The number of furan rings is 6. The van der Waals surface area contributed by atoms with Gasteiger partial charge in [0, 0.05) is 93.9 Å². The van der Waals surface area contributed by atoms with Crippen molar-refractivity contribution in [3.63, 3.8) is 0 Å². The van der Waals surface area contributed by atoms with Gasteiger partial charge in [-0.25, -0.2) is 59.8 Å². The molecule has 0 aliphatic rings. The zero-order valence-corrected chi connectivity index (χ0v) is 86.1. The van der Waals surface area contributed by atoms with Crippen LogP contribution in [-0.2, 0) is 18.4 Å². The van der Waals surface area contributed by atoms with Gasteiger partial charge in [-0.3, -0.25) is 29.9 Å². The molecule has 0 amide bonds. The average molecular weight is 2190 g/mol. The topological polar surface area (TPSA) is 568 Å². The molecular weight excluding hydrogens is 2100 g/mol. The molecule has 0 saturated heterocycles. The molecule has 0 aliphatic carbocycles. The monoisotopic (exact) mass is 2180 g/mol. The van der Waals surface area contributed by atoms with E-state index in [1.54, 1.807) is 103 Å². The van der Waals surface area contributed by atoms with Crippen molar-refractivity contribution in [3.8, 4) is 75.3 Å². The van der Waals surface area contributed by atoms with Gasteiger partial charge in [-0.2, -0.15) is 0 Å². The fraction of sp³-hybridized carbons (Fsp3) is 0.126. The van der Waals surface area contributed by atoms with E-state index in [0.717, 1.165) is 108 Å². The summed E-state index contributed by atoms with van der Waals surface area (Å²) in [5, 5.41) is 57.1. The van der Waals surface area contributed by atoms with E-state index in [-0.39, 0.29) is 11.4 Å². The van der Waals surface area contributed by atoms with Crippen molar-refractivity contribution in [3.05, 3.63) is 344 Å². The molecule has 43 heteroatoms. The van der Waals surface area contributed by atoms with Crippen molar-refractivity contribution in [2.24, 2.45) is 0 Å². The molecule has 4 unspecified atom stereocenters. The number of nitrogen functional groups attached to an aromatic ring is 6. The first-order chi connectivity index (χ1) is 70.4. The second-order valence-corrected chi connectivity index (χ2v) is 41.1. The molecule has 146 heavy (non-hydrogen) atoms. The van der Waals surface area contributed by atoms with Crippen LogP contribution in [0.2, 0.25) is 0 Å². The maximum absolute atomic E-state index is 11.0. The maximum Gasteiger partial charge on any atom is 0.199 e. The number of aromatic hydroxyl groups is 1. The van der Waals surface area contributed by atoms with E-state index in [2.05, 4.69) is 122 Å². The first kappa shape index (κ1) is 99.0. The van der Waals surface area contributed by atoms with E-state index in [0.29, 0.717) is 172 Å². The van der Waals surface area contributed by atoms with Gasteiger partial charge >= 0.3 is 0 Å². The molecule has 0 bridgehead atoms. The summed E-state index contributed by atoms with van der Waals surface area (Å²) in [5.41, 5.74) is 39.2. The van der Waals surface area contributed by atoms with Crippen LogP contribution in [0.25, 0.3) is 131 Å². The lowest BCUT2D eigenvalue weighted by Crippen LogP contribution is -2.22. The van der Waals surface area contributed by atoms with E-state index in [4.69, 9.17) is 60.9 Å². The van der Waals surface area contributed by atoms with Crippen LogP contribution in [0, 0.1) is 41.5 Å². The third-order valence-electron chi connectivity index (χ3n) is 22.3. The number of thiophene rings is 6. The molecule has 0 radical (unpaired) electrons. The molecule has 24 aromatic heterocycles. The minimum Gasteiger partial charge on any atom is -0.506 e. The van der Waals surface area contributed by atoms with Crippen LogP contribution in [0.4, 0.5) is 34.9 Å². The largest absolute Gasteiger partial charge is 0.506 e. The van der Waals surface area contributed by atoms with Crippen molar-refractivity contribution >= 4 is 196 Å². The Morgan fingerprint density at radius 1 is 0.315 bits per heavy atom. The number of nitrogens with zero attached hydrogens (tertiary/aromatic N) is 18. The Bertz CT molecular complexity index is 8670. The number of aryl methyl sites for hydroxylation is 6. The van der Waals surface area contributed by atoms with Gasteiger partial charge in [0.1, 0.15) is 134 Å². The van der Waals surface area contributed by atoms with Gasteiger partial charge in [0.15, 0.2) is 69.5 Å². The van der Waals surface area contributed by atoms with E-state index in [1.807, 2.05) is 193 Å². The highest BCUT2D eigenvalue weighted by molar-refractivity contribution is 9.10. The number of nitrogens with two attached hydrogens (primary N) is 6. The van der Waals surface area contributed by atoms with Gasteiger partial charge in [0.2, 0.25) is 0 Å². The first-order valence-electron chi connectivity index (χ1n) is 44.5. The molecule has 0 aliphatic heterocycles. The Balaban J connectivity index is 0.000000111. The lowest BCUT2D eigenvalue weighted by Gasteiger charge is -2.20. The van der Waals surface area contributed by atoms with Crippen LogP contribution >= 0.6 is 99.9 Å². The van der Waals surface area contributed by atoms with E-state index in [9.17, 15) is 25.5 Å². The summed E-state index contributed by atoms with van der Waals surface area (Å²) in [7, 11) is 0. The van der Waals surface area contributed by atoms with Crippen LogP contribution in [0.15, 0.2) is 273 Å². The number of hydrogen-bond donors (Lipinski definition) is 11. The van der Waals surface area contributed by atoms with Crippen LogP contribution in [-0.4, -0.2) is 115 Å². The molecule has 24 heterocycles. The summed E-state index contributed by atoms with van der Waals surface area (Å²) in [6, 6.07) is 60.7. The molecular formula is C103H84Br2N24O11S6. The lowest BCUT2D eigenvalue weighted by atomic mass is 9.99. The van der Waals surface area contributed by atoms with Crippen molar-refractivity contribution in [2.45, 2.75) is 85.2 Å². The zero-order valence-electron chi connectivity index (χ0n) is 78.1. The highest BCUT2D eigenvalue weighted by atomic mass is 79.9. The predicted molar refractivity (Wildman–Crippen MR) is 575 cm³/mol. The Labute approximate surface area is 870 Å². The van der Waals surface area contributed by atoms with Crippen LogP contribution in [0.3, 0.4) is 0 Å². The fourth-order valence-corrected chi connectivity index (χ4v) is 22.1.